The number of rotatable bonds is 9. The fourth-order valence-corrected chi connectivity index (χ4v) is 2.66. The number of hydrogen-bond acceptors (Lipinski definition) is 3. The van der Waals surface area contributed by atoms with Gasteiger partial charge in [-0.15, -0.1) is 0 Å². The molecule has 116 valence electrons. The maximum atomic E-state index is 5.81. The van der Waals surface area contributed by atoms with E-state index in [1.54, 1.807) is 0 Å². The lowest BCUT2D eigenvalue weighted by Gasteiger charge is -2.23. The van der Waals surface area contributed by atoms with Crippen molar-refractivity contribution in [2.45, 2.75) is 39.2 Å². The second-order valence-corrected chi connectivity index (χ2v) is 6.65. The van der Waals surface area contributed by atoms with Gasteiger partial charge >= 0.3 is 0 Å². The molecule has 0 spiro atoms. The molecule has 1 aromatic rings. The minimum atomic E-state index is 0.414. The standard InChI is InChI=1S/C17H26N2OS/c1-13(2)12-19(15-7-8-15)9-4-10-20-16-6-3-5-14(11-16)17(18)21/h3,5-6,11,13,15H,4,7-10,12H2,1-2H3,(H2,18,21). The molecular weight excluding hydrogens is 280 g/mol. The molecule has 4 heteroatoms. The molecule has 0 bridgehead atoms. The Bertz CT molecular complexity index is 472. The van der Waals surface area contributed by atoms with Crippen molar-refractivity contribution in [1.82, 2.24) is 4.90 Å². The molecular formula is C17H26N2OS. The van der Waals surface area contributed by atoms with Crippen molar-refractivity contribution >= 4 is 17.2 Å². The predicted molar refractivity (Wildman–Crippen MR) is 91.9 cm³/mol. The Hall–Kier alpha value is -1.13. The summed E-state index contributed by atoms with van der Waals surface area (Å²) < 4.78 is 5.81. The summed E-state index contributed by atoms with van der Waals surface area (Å²) in [6.07, 6.45) is 3.79. The Morgan fingerprint density at radius 1 is 1.43 bits per heavy atom. The maximum Gasteiger partial charge on any atom is 0.119 e. The molecule has 0 aliphatic heterocycles. The van der Waals surface area contributed by atoms with Gasteiger partial charge in [0.15, 0.2) is 0 Å². The zero-order valence-corrected chi connectivity index (χ0v) is 13.9. The second-order valence-electron chi connectivity index (χ2n) is 6.21. The van der Waals surface area contributed by atoms with Crippen molar-refractivity contribution in [1.29, 1.82) is 0 Å². The van der Waals surface area contributed by atoms with Crippen LogP contribution < -0.4 is 10.5 Å². The van der Waals surface area contributed by atoms with Gasteiger partial charge in [-0.3, -0.25) is 0 Å². The minimum Gasteiger partial charge on any atom is -0.494 e. The lowest BCUT2D eigenvalue weighted by atomic mass is 10.2. The van der Waals surface area contributed by atoms with Crippen LogP contribution in [0.15, 0.2) is 24.3 Å². The van der Waals surface area contributed by atoms with E-state index < -0.39 is 0 Å². The molecule has 1 saturated carbocycles. The molecule has 1 aliphatic carbocycles. The lowest BCUT2D eigenvalue weighted by Crippen LogP contribution is -2.31. The van der Waals surface area contributed by atoms with Crippen molar-refractivity contribution in [3.05, 3.63) is 29.8 Å². The first-order valence-corrected chi connectivity index (χ1v) is 8.24. The SMILES string of the molecule is CC(C)CN(CCCOc1cccc(C(N)=S)c1)C1CC1. The number of thiocarbonyl (C=S) groups is 1. The number of ether oxygens (including phenoxy) is 1. The quantitative estimate of drug-likeness (QED) is 0.561. The topological polar surface area (TPSA) is 38.5 Å². The molecule has 1 aromatic carbocycles. The third-order valence-corrected chi connectivity index (χ3v) is 3.88. The summed E-state index contributed by atoms with van der Waals surface area (Å²) >= 11 is 4.98. The Balaban J connectivity index is 1.73. The van der Waals surface area contributed by atoms with Gasteiger partial charge in [0, 0.05) is 24.7 Å². The van der Waals surface area contributed by atoms with Gasteiger partial charge in [-0.05, 0) is 37.3 Å². The van der Waals surface area contributed by atoms with Crippen molar-refractivity contribution in [3.8, 4) is 5.75 Å². The molecule has 0 heterocycles. The second kappa shape index (κ2) is 7.76. The van der Waals surface area contributed by atoms with E-state index in [0.29, 0.717) is 4.99 Å². The zero-order valence-electron chi connectivity index (χ0n) is 13.0. The van der Waals surface area contributed by atoms with E-state index in [4.69, 9.17) is 22.7 Å². The van der Waals surface area contributed by atoms with Crippen LogP contribution in [0, 0.1) is 5.92 Å². The van der Waals surface area contributed by atoms with Crippen LogP contribution in [-0.4, -0.2) is 35.6 Å². The summed E-state index contributed by atoms with van der Waals surface area (Å²) in [5, 5.41) is 0. The summed E-state index contributed by atoms with van der Waals surface area (Å²) in [7, 11) is 0. The highest BCUT2D eigenvalue weighted by Crippen LogP contribution is 2.27. The third kappa shape index (κ3) is 5.64. The van der Waals surface area contributed by atoms with Gasteiger partial charge in [0.2, 0.25) is 0 Å². The van der Waals surface area contributed by atoms with Gasteiger partial charge in [-0.25, -0.2) is 0 Å². The Morgan fingerprint density at radius 3 is 2.81 bits per heavy atom. The molecule has 2 rings (SSSR count). The van der Waals surface area contributed by atoms with E-state index in [9.17, 15) is 0 Å². The molecule has 2 N–H and O–H groups in total. The van der Waals surface area contributed by atoms with E-state index in [2.05, 4.69) is 18.7 Å². The number of hydrogen-bond donors (Lipinski definition) is 1. The number of benzene rings is 1. The minimum absolute atomic E-state index is 0.414. The first-order chi connectivity index (χ1) is 10.1. The molecule has 0 radical (unpaired) electrons. The van der Waals surface area contributed by atoms with Crippen molar-refractivity contribution in [2.24, 2.45) is 11.7 Å². The molecule has 0 atom stereocenters. The normalized spacial score (nSPS) is 14.7. The summed E-state index contributed by atoms with van der Waals surface area (Å²) in [5.74, 6) is 1.58. The number of nitrogens with two attached hydrogens (primary N) is 1. The largest absolute Gasteiger partial charge is 0.494 e. The average Bonchev–Trinajstić information content (AvgIpc) is 3.26. The Labute approximate surface area is 133 Å². The van der Waals surface area contributed by atoms with Crippen LogP contribution in [0.3, 0.4) is 0 Å². The molecule has 0 saturated heterocycles. The summed E-state index contributed by atoms with van der Waals surface area (Å²) in [4.78, 5) is 3.02. The van der Waals surface area contributed by atoms with Crippen LogP contribution in [0.5, 0.6) is 5.75 Å². The van der Waals surface area contributed by atoms with E-state index in [1.807, 2.05) is 24.3 Å². The highest BCUT2D eigenvalue weighted by atomic mass is 32.1. The van der Waals surface area contributed by atoms with Gasteiger partial charge in [0.25, 0.3) is 0 Å². The predicted octanol–water partition coefficient (Wildman–Crippen LogP) is 3.21. The number of nitrogens with zero attached hydrogens (tertiary/aromatic N) is 1. The van der Waals surface area contributed by atoms with E-state index >= 15 is 0 Å². The fourth-order valence-electron chi connectivity index (χ4n) is 2.53. The summed E-state index contributed by atoms with van der Waals surface area (Å²) in [5.41, 5.74) is 6.50. The zero-order chi connectivity index (χ0) is 15.2. The lowest BCUT2D eigenvalue weighted by molar-refractivity contribution is 0.208. The molecule has 0 aromatic heterocycles. The molecule has 1 fully saturated rings. The van der Waals surface area contributed by atoms with Crippen LogP contribution in [0.1, 0.15) is 38.7 Å². The monoisotopic (exact) mass is 306 g/mol. The van der Waals surface area contributed by atoms with Crippen LogP contribution in [0.2, 0.25) is 0 Å². The van der Waals surface area contributed by atoms with E-state index in [1.165, 1.54) is 19.4 Å². The summed E-state index contributed by atoms with van der Waals surface area (Å²) in [6, 6.07) is 8.53. The van der Waals surface area contributed by atoms with Crippen LogP contribution in [0.4, 0.5) is 0 Å². The van der Waals surface area contributed by atoms with Gasteiger partial charge in [0.1, 0.15) is 10.7 Å². The van der Waals surface area contributed by atoms with Gasteiger partial charge < -0.3 is 15.4 Å². The van der Waals surface area contributed by atoms with Crippen LogP contribution >= 0.6 is 12.2 Å². The first kappa shape index (κ1) is 16.2. The van der Waals surface area contributed by atoms with Gasteiger partial charge in [0.05, 0.1) is 6.61 Å². The Kier molecular flexibility index (Phi) is 6.00. The van der Waals surface area contributed by atoms with Crippen molar-refractivity contribution in [2.75, 3.05) is 19.7 Å². The third-order valence-electron chi connectivity index (χ3n) is 3.64. The van der Waals surface area contributed by atoms with Crippen molar-refractivity contribution < 1.29 is 4.74 Å². The highest BCUT2D eigenvalue weighted by molar-refractivity contribution is 7.80. The molecule has 21 heavy (non-hydrogen) atoms. The molecule has 0 amide bonds. The Morgan fingerprint density at radius 2 is 2.19 bits per heavy atom. The van der Waals surface area contributed by atoms with Crippen molar-refractivity contribution in [3.63, 3.8) is 0 Å². The highest BCUT2D eigenvalue weighted by Gasteiger charge is 2.28. The molecule has 1 aliphatic rings. The average molecular weight is 306 g/mol. The summed E-state index contributed by atoms with van der Waals surface area (Å²) in [6.45, 7) is 7.63. The smallest absolute Gasteiger partial charge is 0.119 e. The van der Waals surface area contributed by atoms with Gasteiger partial charge in [-0.2, -0.15) is 0 Å². The first-order valence-electron chi connectivity index (χ1n) is 7.83. The molecule has 0 unspecified atom stereocenters. The molecule has 3 nitrogen and oxygen atoms in total. The van der Waals surface area contributed by atoms with E-state index in [-0.39, 0.29) is 0 Å². The van der Waals surface area contributed by atoms with Gasteiger partial charge in [-0.1, -0.05) is 38.2 Å². The maximum absolute atomic E-state index is 5.81. The van der Waals surface area contributed by atoms with E-state index in [0.717, 1.165) is 42.8 Å². The van der Waals surface area contributed by atoms with Crippen LogP contribution in [-0.2, 0) is 0 Å². The van der Waals surface area contributed by atoms with Crippen LogP contribution in [0.25, 0.3) is 0 Å². The fraction of sp³-hybridized carbons (Fsp3) is 0.588.